The highest BCUT2D eigenvalue weighted by atomic mass is 16.5. The highest BCUT2D eigenvalue weighted by Gasteiger charge is 2.10. The summed E-state index contributed by atoms with van der Waals surface area (Å²) < 4.78 is 5.81. The lowest BCUT2D eigenvalue weighted by Gasteiger charge is -2.13. The largest absolute Gasteiger partial charge is 0.481 e. The fraction of sp³-hybridized carbons (Fsp3) is 0.250. The lowest BCUT2D eigenvalue weighted by atomic mass is 9.98. The van der Waals surface area contributed by atoms with Crippen molar-refractivity contribution in [3.8, 4) is 17.1 Å². The molecule has 2 N–H and O–H groups in total. The molecule has 0 saturated heterocycles. The number of nitrogens with one attached hydrogen (secondary N) is 1. The number of carbonyl (C=O) groups is 1. The first kappa shape index (κ1) is 20.4. The van der Waals surface area contributed by atoms with E-state index in [-0.39, 0.29) is 6.42 Å². The van der Waals surface area contributed by atoms with E-state index >= 15 is 0 Å². The first-order valence-corrected chi connectivity index (χ1v) is 9.67. The molecule has 2 aromatic rings. The normalized spacial score (nSPS) is 14.6. The van der Waals surface area contributed by atoms with Crippen molar-refractivity contribution >= 4 is 11.7 Å². The summed E-state index contributed by atoms with van der Waals surface area (Å²) in [5.74, 6) is -0.235. The number of aryl methyl sites for hydroxylation is 2. The molecule has 29 heavy (non-hydrogen) atoms. The Morgan fingerprint density at radius 3 is 2.62 bits per heavy atom. The highest BCUT2D eigenvalue weighted by molar-refractivity contribution is 5.71. The second-order valence-electron chi connectivity index (χ2n) is 7.12. The molecule has 1 aliphatic carbocycles. The van der Waals surface area contributed by atoms with Crippen LogP contribution in [0.15, 0.2) is 66.0 Å². The van der Waals surface area contributed by atoms with E-state index in [9.17, 15) is 4.79 Å². The molecule has 1 heterocycles. The van der Waals surface area contributed by atoms with Crippen LogP contribution in [-0.4, -0.2) is 23.1 Å². The van der Waals surface area contributed by atoms with E-state index in [1.807, 2.05) is 43.5 Å². The van der Waals surface area contributed by atoms with Crippen LogP contribution in [-0.2, 0) is 4.79 Å². The number of anilines is 1. The number of allylic oxidation sites excluding steroid dienone is 5. The minimum absolute atomic E-state index is 0.149. The summed E-state index contributed by atoms with van der Waals surface area (Å²) in [5.41, 5.74) is 7.46. The third kappa shape index (κ3) is 5.35. The molecule has 5 heteroatoms. The first-order chi connectivity index (χ1) is 14.0. The molecule has 0 radical (unpaired) electrons. The molecule has 150 valence electrons. The highest BCUT2D eigenvalue weighted by Crippen LogP contribution is 2.30. The molecule has 1 aliphatic rings. The summed E-state index contributed by atoms with van der Waals surface area (Å²) in [5, 5.41) is 12.0. The maximum Gasteiger partial charge on any atom is 0.303 e. The van der Waals surface area contributed by atoms with Gasteiger partial charge in [0.15, 0.2) is 0 Å². The van der Waals surface area contributed by atoms with Gasteiger partial charge in [-0.1, -0.05) is 29.9 Å². The van der Waals surface area contributed by atoms with Crippen LogP contribution in [0.3, 0.4) is 0 Å². The molecule has 0 saturated carbocycles. The Morgan fingerprint density at radius 1 is 1.24 bits per heavy atom. The fourth-order valence-electron chi connectivity index (χ4n) is 3.39. The van der Waals surface area contributed by atoms with Crippen LogP contribution in [0.2, 0.25) is 0 Å². The number of carboxylic acid groups (broad SMARTS) is 1. The average Bonchev–Trinajstić information content (AvgIpc) is 2.71. The molecule has 5 nitrogen and oxygen atoms in total. The van der Waals surface area contributed by atoms with E-state index in [2.05, 4.69) is 36.3 Å². The van der Waals surface area contributed by atoms with E-state index in [0.29, 0.717) is 12.3 Å². The summed E-state index contributed by atoms with van der Waals surface area (Å²) in [4.78, 5) is 15.4. The third-order valence-electron chi connectivity index (χ3n) is 4.87. The van der Waals surface area contributed by atoms with Crippen molar-refractivity contribution in [2.75, 3.05) is 12.4 Å². The van der Waals surface area contributed by atoms with Gasteiger partial charge in [-0.25, -0.2) is 4.98 Å². The zero-order valence-electron chi connectivity index (χ0n) is 17.0. The van der Waals surface area contributed by atoms with Crippen LogP contribution in [0.4, 0.5) is 5.69 Å². The Labute approximate surface area is 171 Å². The van der Waals surface area contributed by atoms with Gasteiger partial charge >= 0.3 is 5.97 Å². The molecule has 1 aromatic heterocycles. The summed E-state index contributed by atoms with van der Waals surface area (Å²) in [6, 6.07) is 10.0. The van der Waals surface area contributed by atoms with Crippen molar-refractivity contribution < 1.29 is 14.6 Å². The van der Waals surface area contributed by atoms with E-state index in [1.165, 1.54) is 0 Å². The Bertz CT molecular complexity index is 980. The van der Waals surface area contributed by atoms with Crippen molar-refractivity contribution in [1.29, 1.82) is 0 Å². The lowest BCUT2D eigenvalue weighted by Crippen LogP contribution is -1.98. The van der Waals surface area contributed by atoms with E-state index in [4.69, 9.17) is 9.84 Å². The van der Waals surface area contributed by atoms with E-state index < -0.39 is 5.97 Å². The first-order valence-electron chi connectivity index (χ1n) is 9.67. The smallest absolute Gasteiger partial charge is 0.303 e. The Balaban J connectivity index is 1.71. The van der Waals surface area contributed by atoms with Gasteiger partial charge in [0, 0.05) is 30.8 Å². The number of pyridine rings is 1. The van der Waals surface area contributed by atoms with Crippen LogP contribution in [0.1, 0.15) is 30.4 Å². The summed E-state index contributed by atoms with van der Waals surface area (Å²) in [7, 11) is 1.91. The summed E-state index contributed by atoms with van der Waals surface area (Å²) >= 11 is 0. The molecule has 0 amide bonds. The van der Waals surface area contributed by atoms with Gasteiger partial charge in [-0.05, 0) is 61.6 Å². The maximum absolute atomic E-state index is 10.7. The minimum atomic E-state index is -0.777. The van der Waals surface area contributed by atoms with Gasteiger partial charge in [-0.2, -0.15) is 0 Å². The molecule has 0 atom stereocenters. The maximum atomic E-state index is 10.7. The van der Waals surface area contributed by atoms with Crippen LogP contribution in [0, 0.1) is 13.8 Å². The second kappa shape index (κ2) is 9.24. The van der Waals surface area contributed by atoms with Crippen LogP contribution < -0.4 is 10.1 Å². The van der Waals surface area contributed by atoms with Gasteiger partial charge in [-0.3, -0.25) is 4.79 Å². The molecule has 0 fully saturated rings. The lowest BCUT2D eigenvalue weighted by molar-refractivity contribution is -0.136. The number of hydrogen-bond donors (Lipinski definition) is 2. The molecular formula is C24H26N2O3. The molecule has 0 aliphatic heterocycles. The van der Waals surface area contributed by atoms with Crippen LogP contribution in [0.5, 0.6) is 5.88 Å². The number of aromatic nitrogens is 1. The van der Waals surface area contributed by atoms with Gasteiger partial charge < -0.3 is 15.2 Å². The van der Waals surface area contributed by atoms with E-state index in [1.54, 1.807) is 6.26 Å². The molecule has 1 aromatic carbocycles. The van der Waals surface area contributed by atoms with Crippen molar-refractivity contribution in [3.63, 3.8) is 0 Å². The topological polar surface area (TPSA) is 71.5 Å². The molecule has 0 unspecified atom stereocenters. The zero-order chi connectivity index (χ0) is 20.8. The Hall–Kier alpha value is -3.34. The molecular weight excluding hydrogens is 364 g/mol. The van der Waals surface area contributed by atoms with Crippen molar-refractivity contribution in [2.45, 2.75) is 33.1 Å². The van der Waals surface area contributed by atoms with Gasteiger partial charge in [0.05, 0.1) is 12.0 Å². The van der Waals surface area contributed by atoms with E-state index in [0.717, 1.165) is 45.6 Å². The van der Waals surface area contributed by atoms with Crippen molar-refractivity contribution in [2.24, 2.45) is 0 Å². The molecule has 3 rings (SSSR count). The van der Waals surface area contributed by atoms with Crippen LogP contribution in [0.25, 0.3) is 11.3 Å². The van der Waals surface area contributed by atoms with Crippen LogP contribution >= 0.6 is 0 Å². The van der Waals surface area contributed by atoms with Crippen molar-refractivity contribution in [1.82, 2.24) is 4.98 Å². The quantitative estimate of drug-likeness (QED) is 0.618. The number of benzene rings is 1. The van der Waals surface area contributed by atoms with Crippen molar-refractivity contribution in [3.05, 3.63) is 77.1 Å². The number of ether oxygens (including phenoxy) is 1. The standard InChI is InChI=1S/C24H26N2O3/c1-16-13-20(25-3)14-17(2)24(16)21-5-4-6-22(26-21)29-15-19-9-7-18(8-10-19)11-12-23(27)28/h4-9,13-15,25H,10-12H2,1-3H3,(H,27,28). The minimum Gasteiger partial charge on any atom is -0.481 e. The Morgan fingerprint density at radius 2 is 2.00 bits per heavy atom. The monoisotopic (exact) mass is 390 g/mol. The SMILES string of the molecule is CNc1cc(C)c(-c2cccc(OC=C3C=CC(CCC(=O)O)=CC3)n2)c(C)c1. The Kier molecular flexibility index (Phi) is 6.50. The number of hydrogen-bond acceptors (Lipinski definition) is 4. The third-order valence-corrected chi connectivity index (χ3v) is 4.87. The predicted molar refractivity (Wildman–Crippen MR) is 116 cm³/mol. The van der Waals surface area contributed by atoms with Gasteiger partial charge in [0.25, 0.3) is 0 Å². The molecule has 0 bridgehead atoms. The fourth-order valence-corrected chi connectivity index (χ4v) is 3.39. The summed E-state index contributed by atoms with van der Waals surface area (Å²) in [6.45, 7) is 4.17. The van der Waals surface area contributed by atoms with Gasteiger partial charge in [0.2, 0.25) is 5.88 Å². The van der Waals surface area contributed by atoms with Gasteiger partial charge in [0.1, 0.15) is 0 Å². The predicted octanol–water partition coefficient (Wildman–Crippen LogP) is 5.42. The zero-order valence-corrected chi connectivity index (χ0v) is 17.0. The van der Waals surface area contributed by atoms with Gasteiger partial charge in [-0.15, -0.1) is 0 Å². The number of nitrogens with zero attached hydrogens (tertiary/aromatic N) is 1. The number of rotatable bonds is 7. The summed E-state index contributed by atoms with van der Waals surface area (Å²) in [6.07, 6.45) is 9.07. The number of aliphatic carboxylic acids is 1. The molecule has 0 spiro atoms. The number of carboxylic acids is 1. The second-order valence-corrected chi connectivity index (χ2v) is 7.12. The average molecular weight is 390 g/mol.